The van der Waals surface area contributed by atoms with Crippen molar-refractivity contribution < 1.29 is 9.59 Å². The summed E-state index contributed by atoms with van der Waals surface area (Å²) in [6.07, 6.45) is 0. The Bertz CT molecular complexity index is 579. The van der Waals surface area contributed by atoms with Crippen LogP contribution in [0.15, 0.2) is 48.5 Å². The standard InChI is InChI=1S/C16H16N2O2Se/c1-11(19)17-13-3-7-15(8-4-13)21-16-9-5-14(6-10-16)18-12(2)20/h3-10H,1-2H3,(H,17,19)(H,18,20). The van der Waals surface area contributed by atoms with Crippen LogP contribution in [-0.4, -0.2) is 26.8 Å². The molecule has 2 rings (SSSR count). The van der Waals surface area contributed by atoms with Crippen LogP contribution in [0, 0.1) is 0 Å². The van der Waals surface area contributed by atoms with E-state index < -0.39 is 0 Å². The van der Waals surface area contributed by atoms with E-state index >= 15 is 0 Å². The fourth-order valence-corrected chi connectivity index (χ4v) is 3.47. The number of amides is 2. The van der Waals surface area contributed by atoms with Crippen LogP contribution in [0.4, 0.5) is 11.4 Å². The molecule has 0 atom stereocenters. The van der Waals surface area contributed by atoms with Gasteiger partial charge < -0.3 is 0 Å². The third-order valence-electron chi connectivity index (χ3n) is 2.59. The average Bonchev–Trinajstić information content (AvgIpc) is 2.42. The molecule has 0 bridgehead atoms. The molecule has 0 aromatic heterocycles. The van der Waals surface area contributed by atoms with Gasteiger partial charge in [-0.2, -0.15) is 0 Å². The van der Waals surface area contributed by atoms with E-state index in [1.807, 2.05) is 48.5 Å². The number of anilines is 2. The molecule has 0 saturated heterocycles. The van der Waals surface area contributed by atoms with E-state index in [2.05, 4.69) is 10.6 Å². The van der Waals surface area contributed by atoms with E-state index in [-0.39, 0.29) is 26.8 Å². The van der Waals surface area contributed by atoms with Crippen molar-refractivity contribution in [2.24, 2.45) is 0 Å². The third kappa shape index (κ3) is 5.06. The molecule has 108 valence electrons. The Morgan fingerprint density at radius 2 is 1.05 bits per heavy atom. The summed E-state index contributed by atoms with van der Waals surface area (Å²) in [4.78, 5) is 21.9. The second kappa shape index (κ2) is 7.06. The molecule has 2 aromatic carbocycles. The number of carbonyl (C=O) groups is 2. The molecule has 0 radical (unpaired) electrons. The molecule has 0 unspecified atom stereocenters. The first-order chi connectivity index (χ1) is 10.0. The summed E-state index contributed by atoms with van der Waals surface area (Å²) < 4.78 is 2.45. The van der Waals surface area contributed by atoms with E-state index in [9.17, 15) is 9.59 Å². The second-order valence-electron chi connectivity index (χ2n) is 4.51. The minimum absolute atomic E-state index is 0.0678. The number of rotatable bonds is 4. The minimum atomic E-state index is -0.0678. The maximum absolute atomic E-state index is 11.0. The zero-order chi connectivity index (χ0) is 15.2. The number of hydrogen-bond acceptors (Lipinski definition) is 2. The molecular weight excluding hydrogens is 331 g/mol. The zero-order valence-electron chi connectivity index (χ0n) is 11.8. The van der Waals surface area contributed by atoms with Gasteiger partial charge in [0.2, 0.25) is 0 Å². The summed E-state index contributed by atoms with van der Waals surface area (Å²) in [6, 6.07) is 15.7. The van der Waals surface area contributed by atoms with Gasteiger partial charge in [0.05, 0.1) is 0 Å². The molecule has 0 fully saturated rings. The summed E-state index contributed by atoms with van der Waals surface area (Å²) in [5.41, 5.74) is 1.62. The van der Waals surface area contributed by atoms with Crippen LogP contribution in [0.2, 0.25) is 0 Å². The van der Waals surface area contributed by atoms with Gasteiger partial charge >= 0.3 is 130 Å². The summed E-state index contributed by atoms with van der Waals surface area (Å²) in [5, 5.41) is 5.50. The SMILES string of the molecule is CC(=O)Nc1ccc([Se]c2ccc(NC(C)=O)cc2)cc1. The predicted octanol–water partition coefficient (Wildman–Crippen LogP) is 1.26. The fourth-order valence-electron chi connectivity index (χ4n) is 1.76. The van der Waals surface area contributed by atoms with Gasteiger partial charge in [-0.05, 0) is 0 Å². The summed E-state index contributed by atoms with van der Waals surface area (Å²) >= 11 is 0.198. The van der Waals surface area contributed by atoms with E-state index in [1.165, 1.54) is 22.8 Å². The van der Waals surface area contributed by atoms with E-state index in [4.69, 9.17) is 0 Å². The third-order valence-corrected chi connectivity index (χ3v) is 4.72. The first-order valence-corrected chi connectivity index (χ1v) is 8.17. The fraction of sp³-hybridized carbons (Fsp3) is 0.125. The Hall–Kier alpha value is -2.10. The Morgan fingerprint density at radius 3 is 1.33 bits per heavy atom. The van der Waals surface area contributed by atoms with Crippen molar-refractivity contribution in [3.8, 4) is 0 Å². The molecule has 2 amide bonds. The molecule has 5 heteroatoms. The topological polar surface area (TPSA) is 58.2 Å². The van der Waals surface area contributed by atoms with Crippen LogP contribution in [0.1, 0.15) is 13.8 Å². The molecule has 2 aromatic rings. The van der Waals surface area contributed by atoms with Gasteiger partial charge in [-0.15, -0.1) is 0 Å². The normalized spacial score (nSPS) is 10.0. The Balaban J connectivity index is 2.01. The van der Waals surface area contributed by atoms with Crippen molar-refractivity contribution in [1.82, 2.24) is 0 Å². The van der Waals surface area contributed by atoms with Crippen molar-refractivity contribution >= 4 is 47.1 Å². The van der Waals surface area contributed by atoms with E-state index in [0.29, 0.717) is 0 Å². The molecular formula is C16H16N2O2Se. The van der Waals surface area contributed by atoms with Crippen molar-refractivity contribution in [2.75, 3.05) is 10.6 Å². The van der Waals surface area contributed by atoms with Crippen LogP contribution in [0.3, 0.4) is 0 Å². The van der Waals surface area contributed by atoms with Crippen LogP contribution in [0.25, 0.3) is 0 Å². The predicted molar refractivity (Wildman–Crippen MR) is 86.5 cm³/mol. The van der Waals surface area contributed by atoms with Crippen molar-refractivity contribution in [3.05, 3.63) is 48.5 Å². The number of carbonyl (C=O) groups excluding carboxylic acids is 2. The number of benzene rings is 2. The molecule has 0 saturated carbocycles. The van der Waals surface area contributed by atoms with Gasteiger partial charge in [-0.25, -0.2) is 0 Å². The molecule has 0 aliphatic carbocycles. The molecule has 21 heavy (non-hydrogen) atoms. The Kier molecular flexibility index (Phi) is 5.14. The number of nitrogens with one attached hydrogen (secondary N) is 2. The van der Waals surface area contributed by atoms with Crippen LogP contribution in [0.5, 0.6) is 0 Å². The van der Waals surface area contributed by atoms with Gasteiger partial charge in [0.1, 0.15) is 0 Å². The Morgan fingerprint density at radius 1 is 0.714 bits per heavy atom. The zero-order valence-corrected chi connectivity index (χ0v) is 13.6. The van der Waals surface area contributed by atoms with Gasteiger partial charge in [0.15, 0.2) is 0 Å². The second-order valence-corrected chi connectivity index (χ2v) is 6.92. The molecule has 0 spiro atoms. The molecule has 0 heterocycles. The molecule has 0 aliphatic rings. The van der Waals surface area contributed by atoms with Crippen molar-refractivity contribution in [2.45, 2.75) is 13.8 Å². The first kappa shape index (κ1) is 15.3. The van der Waals surface area contributed by atoms with Crippen LogP contribution >= 0.6 is 0 Å². The number of hydrogen-bond donors (Lipinski definition) is 2. The van der Waals surface area contributed by atoms with E-state index in [0.717, 1.165) is 11.4 Å². The van der Waals surface area contributed by atoms with Gasteiger partial charge in [-0.3, -0.25) is 0 Å². The molecule has 2 N–H and O–H groups in total. The van der Waals surface area contributed by atoms with Gasteiger partial charge in [0, 0.05) is 0 Å². The van der Waals surface area contributed by atoms with Crippen LogP contribution < -0.4 is 19.6 Å². The monoisotopic (exact) mass is 348 g/mol. The van der Waals surface area contributed by atoms with Crippen molar-refractivity contribution in [3.63, 3.8) is 0 Å². The quantitative estimate of drug-likeness (QED) is 0.818. The molecule has 4 nitrogen and oxygen atoms in total. The van der Waals surface area contributed by atoms with Gasteiger partial charge in [0.25, 0.3) is 0 Å². The summed E-state index contributed by atoms with van der Waals surface area (Å²) in [5.74, 6) is -0.136. The van der Waals surface area contributed by atoms with Gasteiger partial charge in [-0.1, -0.05) is 0 Å². The van der Waals surface area contributed by atoms with Crippen LogP contribution in [-0.2, 0) is 9.59 Å². The van der Waals surface area contributed by atoms with E-state index in [1.54, 1.807) is 0 Å². The summed E-state index contributed by atoms with van der Waals surface area (Å²) in [6.45, 7) is 2.99. The molecule has 0 aliphatic heterocycles. The Labute approximate surface area is 130 Å². The average molecular weight is 347 g/mol. The summed E-state index contributed by atoms with van der Waals surface area (Å²) in [7, 11) is 0. The van der Waals surface area contributed by atoms with Crippen molar-refractivity contribution in [1.29, 1.82) is 0 Å². The first-order valence-electron chi connectivity index (χ1n) is 6.46. The maximum atomic E-state index is 11.0.